The summed E-state index contributed by atoms with van der Waals surface area (Å²) in [4.78, 5) is 16.5. The fourth-order valence-corrected chi connectivity index (χ4v) is 2.37. The number of benzene rings is 1. The van der Waals surface area contributed by atoms with E-state index in [0.29, 0.717) is 12.3 Å². The molecule has 0 atom stereocenters. The van der Waals surface area contributed by atoms with Crippen LogP contribution in [-0.4, -0.2) is 30.4 Å². The van der Waals surface area contributed by atoms with E-state index in [-0.39, 0.29) is 6.54 Å². The highest BCUT2D eigenvalue weighted by molar-refractivity contribution is 5.86. The topological polar surface area (TPSA) is 69.7 Å². The number of ether oxygens (including phenoxy) is 3. The summed E-state index contributed by atoms with van der Waals surface area (Å²) in [7, 11) is 1.63. The molecular weight excluding hydrogens is 332 g/mol. The second-order valence-corrected chi connectivity index (χ2v) is 7.05. The molecule has 2 aromatic rings. The third-order valence-electron chi connectivity index (χ3n) is 3.60. The van der Waals surface area contributed by atoms with E-state index in [1.54, 1.807) is 7.11 Å². The zero-order valence-electron chi connectivity index (χ0n) is 16.2. The van der Waals surface area contributed by atoms with Crippen LogP contribution in [0.1, 0.15) is 46.2 Å². The maximum absolute atomic E-state index is 11.9. The second-order valence-electron chi connectivity index (χ2n) is 7.05. The van der Waals surface area contributed by atoms with Crippen molar-refractivity contribution in [2.24, 2.45) is 0 Å². The van der Waals surface area contributed by atoms with Crippen molar-refractivity contribution in [3.8, 4) is 11.5 Å². The summed E-state index contributed by atoms with van der Waals surface area (Å²) >= 11 is 0. The Morgan fingerprint density at radius 1 is 1.23 bits per heavy atom. The summed E-state index contributed by atoms with van der Waals surface area (Å²) in [6, 6.07) is 7.51. The van der Waals surface area contributed by atoms with Crippen molar-refractivity contribution < 1.29 is 19.0 Å². The van der Waals surface area contributed by atoms with Crippen LogP contribution in [-0.2, 0) is 11.3 Å². The summed E-state index contributed by atoms with van der Waals surface area (Å²) < 4.78 is 16.5. The van der Waals surface area contributed by atoms with E-state index in [1.807, 2.05) is 45.0 Å². The van der Waals surface area contributed by atoms with E-state index in [2.05, 4.69) is 17.2 Å². The van der Waals surface area contributed by atoms with E-state index < -0.39 is 11.7 Å². The minimum absolute atomic E-state index is 0.265. The van der Waals surface area contributed by atoms with Crippen LogP contribution in [0.5, 0.6) is 11.5 Å². The molecule has 2 rings (SSSR count). The molecule has 0 radical (unpaired) electrons. The molecule has 1 heterocycles. The first-order valence-corrected chi connectivity index (χ1v) is 8.89. The standard InChI is InChI=1S/C20H28N2O4/c1-6-7-10-25-18-11-14(13-21-19(23)26-20(2,3)4)22-17-9-8-15(24-5)12-16(17)18/h8-9,11-12H,6-7,10,13H2,1-5H3,(H,21,23). The molecule has 0 saturated carbocycles. The lowest BCUT2D eigenvalue weighted by atomic mass is 10.1. The first-order chi connectivity index (χ1) is 12.3. The quantitative estimate of drug-likeness (QED) is 0.739. The first kappa shape index (κ1) is 19.8. The monoisotopic (exact) mass is 360 g/mol. The van der Waals surface area contributed by atoms with Gasteiger partial charge in [-0.15, -0.1) is 0 Å². The molecule has 26 heavy (non-hydrogen) atoms. The number of nitrogens with zero attached hydrogens (tertiary/aromatic N) is 1. The van der Waals surface area contributed by atoms with Gasteiger partial charge in [0.2, 0.25) is 0 Å². The summed E-state index contributed by atoms with van der Waals surface area (Å²) in [6.07, 6.45) is 1.56. The highest BCUT2D eigenvalue weighted by Gasteiger charge is 2.16. The summed E-state index contributed by atoms with van der Waals surface area (Å²) in [5.74, 6) is 1.49. The molecule has 0 bridgehead atoms. The average Bonchev–Trinajstić information content (AvgIpc) is 2.58. The van der Waals surface area contributed by atoms with Crippen molar-refractivity contribution in [3.63, 3.8) is 0 Å². The van der Waals surface area contributed by atoms with E-state index in [0.717, 1.165) is 35.2 Å². The van der Waals surface area contributed by atoms with Crippen LogP contribution < -0.4 is 14.8 Å². The number of hydrogen-bond donors (Lipinski definition) is 1. The summed E-state index contributed by atoms with van der Waals surface area (Å²) in [5, 5.41) is 3.62. The van der Waals surface area contributed by atoms with Crippen molar-refractivity contribution in [1.82, 2.24) is 10.3 Å². The molecule has 0 fully saturated rings. The van der Waals surface area contributed by atoms with Gasteiger partial charge in [-0.05, 0) is 45.4 Å². The number of hydrogen-bond acceptors (Lipinski definition) is 5. The minimum Gasteiger partial charge on any atom is -0.497 e. The molecule has 0 aliphatic carbocycles. The smallest absolute Gasteiger partial charge is 0.407 e. The number of carbonyl (C=O) groups is 1. The Balaban J connectivity index is 2.22. The van der Waals surface area contributed by atoms with Gasteiger partial charge in [-0.2, -0.15) is 0 Å². The largest absolute Gasteiger partial charge is 0.497 e. The second kappa shape index (κ2) is 8.74. The molecule has 6 nitrogen and oxygen atoms in total. The van der Waals surface area contributed by atoms with Crippen molar-refractivity contribution in [3.05, 3.63) is 30.0 Å². The normalized spacial score (nSPS) is 11.3. The van der Waals surface area contributed by atoms with Crippen molar-refractivity contribution in [2.75, 3.05) is 13.7 Å². The van der Waals surface area contributed by atoms with Gasteiger partial charge in [0, 0.05) is 11.5 Å². The molecule has 0 aliphatic rings. The van der Waals surface area contributed by atoms with Crippen molar-refractivity contribution in [1.29, 1.82) is 0 Å². The van der Waals surface area contributed by atoms with Crippen molar-refractivity contribution >= 4 is 17.0 Å². The van der Waals surface area contributed by atoms with Gasteiger partial charge in [0.1, 0.15) is 17.1 Å². The SMILES string of the molecule is CCCCOc1cc(CNC(=O)OC(C)(C)C)nc2ccc(OC)cc12. The molecular formula is C20H28N2O4. The number of aromatic nitrogens is 1. The number of alkyl carbamates (subject to hydrolysis) is 1. The Hall–Kier alpha value is -2.50. The van der Waals surface area contributed by atoms with Gasteiger partial charge in [-0.3, -0.25) is 4.98 Å². The van der Waals surface area contributed by atoms with Gasteiger partial charge >= 0.3 is 6.09 Å². The first-order valence-electron chi connectivity index (χ1n) is 8.89. The molecule has 0 aliphatic heterocycles. The van der Waals surface area contributed by atoms with Crippen LogP contribution in [0.15, 0.2) is 24.3 Å². The molecule has 1 aromatic heterocycles. The number of pyridine rings is 1. The molecule has 0 unspecified atom stereocenters. The van der Waals surface area contributed by atoms with E-state index >= 15 is 0 Å². The van der Waals surface area contributed by atoms with E-state index in [9.17, 15) is 4.79 Å². The maximum atomic E-state index is 11.9. The lowest BCUT2D eigenvalue weighted by Crippen LogP contribution is -2.32. The molecule has 0 saturated heterocycles. The molecule has 1 amide bonds. The van der Waals surface area contributed by atoms with E-state index in [4.69, 9.17) is 14.2 Å². The van der Waals surface area contributed by atoms with Crippen LogP contribution in [0.25, 0.3) is 10.9 Å². The lowest BCUT2D eigenvalue weighted by Gasteiger charge is -2.19. The summed E-state index contributed by atoms with van der Waals surface area (Å²) in [6.45, 7) is 8.50. The van der Waals surface area contributed by atoms with Crippen LogP contribution >= 0.6 is 0 Å². The van der Waals surface area contributed by atoms with Gasteiger partial charge < -0.3 is 19.5 Å². The van der Waals surface area contributed by atoms with Crippen LogP contribution in [0.4, 0.5) is 4.79 Å². The molecule has 1 N–H and O–H groups in total. The zero-order chi connectivity index (χ0) is 19.2. The molecule has 6 heteroatoms. The van der Waals surface area contributed by atoms with Gasteiger partial charge in [-0.25, -0.2) is 4.79 Å². The Labute approximate surface area is 154 Å². The number of amides is 1. The predicted molar refractivity (Wildman–Crippen MR) is 102 cm³/mol. The Bertz CT molecular complexity index is 753. The number of methoxy groups -OCH3 is 1. The molecule has 142 valence electrons. The Morgan fingerprint density at radius 2 is 2.00 bits per heavy atom. The highest BCUT2D eigenvalue weighted by Crippen LogP contribution is 2.29. The average molecular weight is 360 g/mol. The number of fused-ring (bicyclic) bond motifs is 1. The maximum Gasteiger partial charge on any atom is 0.407 e. The third-order valence-corrected chi connectivity index (χ3v) is 3.60. The number of unbranched alkanes of at least 4 members (excludes halogenated alkanes) is 1. The fraction of sp³-hybridized carbons (Fsp3) is 0.500. The summed E-state index contributed by atoms with van der Waals surface area (Å²) in [5.41, 5.74) is 0.965. The molecule has 0 spiro atoms. The fourth-order valence-electron chi connectivity index (χ4n) is 2.37. The number of carbonyl (C=O) groups excluding carboxylic acids is 1. The van der Waals surface area contributed by atoms with Crippen molar-refractivity contribution in [2.45, 2.75) is 52.7 Å². The van der Waals surface area contributed by atoms with Crippen LogP contribution in [0.2, 0.25) is 0 Å². The number of nitrogens with one attached hydrogen (secondary N) is 1. The Morgan fingerprint density at radius 3 is 2.65 bits per heavy atom. The Kier molecular flexibility index (Phi) is 6.66. The predicted octanol–water partition coefficient (Wildman–Crippen LogP) is 4.45. The molecule has 1 aromatic carbocycles. The highest BCUT2D eigenvalue weighted by atomic mass is 16.6. The van der Waals surface area contributed by atoms with Gasteiger partial charge in [-0.1, -0.05) is 13.3 Å². The lowest BCUT2D eigenvalue weighted by molar-refractivity contribution is 0.0523. The zero-order valence-corrected chi connectivity index (χ0v) is 16.2. The third kappa shape index (κ3) is 5.79. The van der Waals surface area contributed by atoms with E-state index in [1.165, 1.54) is 0 Å². The van der Waals surface area contributed by atoms with Crippen LogP contribution in [0, 0.1) is 0 Å². The van der Waals surface area contributed by atoms with Gasteiger partial charge in [0.05, 0.1) is 31.5 Å². The number of rotatable bonds is 7. The van der Waals surface area contributed by atoms with Gasteiger partial charge in [0.25, 0.3) is 0 Å². The van der Waals surface area contributed by atoms with Crippen LogP contribution in [0.3, 0.4) is 0 Å². The van der Waals surface area contributed by atoms with Gasteiger partial charge in [0.15, 0.2) is 0 Å². The minimum atomic E-state index is -0.536.